The third kappa shape index (κ3) is 3.05. The summed E-state index contributed by atoms with van der Waals surface area (Å²) in [6.45, 7) is 0. The molecule has 3 rings (SSSR count). The lowest BCUT2D eigenvalue weighted by atomic mass is 10.1. The zero-order valence-corrected chi connectivity index (χ0v) is 13.4. The number of benzene rings is 2. The normalized spacial score (nSPS) is 13.6. The first-order chi connectivity index (χ1) is 10.9. The number of para-hydroxylation sites is 1. The number of nitro benzene ring substituents is 1. The lowest BCUT2D eigenvalue weighted by Crippen LogP contribution is -2.05. The molecule has 1 N–H and O–H groups in total. The Morgan fingerprint density at radius 1 is 1.13 bits per heavy atom. The summed E-state index contributed by atoms with van der Waals surface area (Å²) < 4.78 is 23.6. The SMILES string of the molecule is CS(=O)(=O)c1cccc(Nc2ccc3c(c2)CCC3)c1[N+](=O)[O-]. The molecule has 0 spiro atoms. The summed E-state index contributed by atoms with van der Waals surface area (Å²) in [4.78, 5) is 10.4. The third-order valence-corrected chi connectivity index (χ3v) is 5.09. The van der Waals surface area contributed by atoms with Crippen molar-refractivity contribution in [2.75, 3.05) is 11.6 Å². The van der Waals surface area contributed by atoms with E-state index in [9.17, 15) is 18.5 Å². The maximum atomic E-state index is 11.8. The van der Waals surface area contributed by atoms with Gasteiger partial charge in [-0.05, 0) is 54.7 Å². The van der Waals surface area contributed by atoms with Gasteiger partial charge in [0.2, 0.25) is 0 Å². The van der Waals surface area contributed by atoms with E-state index in [-0.39, 0.29) is 10.6 Å². The Bertz CT molecular complexity index is 891. The second-order valence-electron chi connectivity index (χ2n) is 5.64. The van der Waals surface area contributed by atoms with Crippen molar-refractivity contribution < 1.29 is 13.3 Å². The van der Waals surface area contributed by atoms with E-state index in [0.717, 1.165) is 31.2 Å². The molecule has 2 aromatic rings. The number of nitro groups is 1. The fraction of sp³-hybridized carbons (Fsp3) is 0.250. The van der Waals surface area contributed by atoms with Crippen LogP contribution in [0.5, 0.6) is 0 Å². The first-order valence-electron chi connectivity index (χ1n) is 7.22. The van der Waals surface area contributed by atoms with E-state index in [4.69, 9.17) is 0 Å². The van der Waals surface area contributed by atoms with Crippen LogP contribution in [-0.4, -0.2) is 19.6 Å². The molecule has 0 unspecified atom stereocenters. The van der Waals surface area contributed by atoms with Crippen LogP contribution in [-0.2, 0) is 22.7 Å². The second-order valence-corrected chi connectivity index (χ2v) is 7.63. The Morgan fingerprint density at radius 2 is 1.87 bits per heavy atom. The summed E-state index contributed by atoms with van der Waals surface area (Å²) in [6.07, 6.45) is 4.13. The number of aryl methyl sites for hydroxylation is 2. The predicted octanol–water partition coefficient (Wildman–Crippen LogP) is 3.23. The van der Waals surface area contributed by atoms with Gasteiger partial charge in [0.1, 0.15) is 10.6 Å². The van der Waals surface area contributed by atoms with Crippen LogP contribution in [0, 0.1) is 10.1 Å². The minimum atomic E-state index is -3.68. The molecule has 23 heavy (non-hydrogen) atoms. The molecule has 1 aliphatic carbocycles. The van der Waals surface area contributed by atoms with Gasteiger partial charge in [-0.2, -0.15) is 0 Å². The van der Waals surface area contributed by atoms with E-state index in [1.807, 2.05) is 18.2 Å². The van der Waals surface area contributed by atoms with E-state index < -0.39 is 20.4 Å². The van der Waals surface area contributed by atoms with Crippen molar-refractivity contribution in [1.29, 1.82) is 0 Å². The molecule has 0 fully saturated rings. The Hall–Kier alpha value is -2.41. The number of nitrogens with one attached hydrogen (secondary N) is 1. The van der Waals surface area contributed by atoms with Gasteiger partial charge in [0.15, 0.2) is 9.84 Å². The molecule has 0 saturated heterocycles. The maximum absolute atomic E-state index is 11.8. The molecule has 0 saturated carbocycles. The molecule has 1 aliphatic rings. The Labute approximate surface area is 134 Å². The average Bonchev–Trinajstić information content (AvgIpc) is 2.93. The number of nitrogens with zero attached hydrogens (tertiary/aromatic N) is 1. The van der Waals surface area contributed by atoms with Gasteiger partial charge in [-0.1, -0.05) is 12.1 Å². The van der Waals surface area contributed by atoms with Gasteiger partial charge < -0.3 is 5.32 Å². The highest BCUT2D eigenvalue weighted by atomic mass is 32.2. The number of hydrogen-bond donors (Lipinski definition) is 1. The highest BCUT2D eigenvalue weighted by Crippen LogP contribution is 2.35. The number of fused-ring (bicyclic) bond motifs is 1. The van der Waals surface area contributed by atoms with Crippen molar-refractivity contribution in [3.63, 3.8) is 0 Å². The first kappa shape index (κ1) is 15.5. The summed E-state index contributed by atoms with van der Waals surface area (Å²) in [5, 5.41) is 14.4. The van der Waals surface area contributed by atoms with Crippen LogP contribution < -0.4 is 5.32 Å². The van der Waals surface area contributed by atoms with Crippen molar-refractivity contribution in [3.8, 4) is 0 Å². The molecule has 0 heterocycles. The summed E-state index contributed by atoms with van der Waals surface area (Å²) >= 11 is 0. The zero-order valence-electron chi connectivity index (χ0n) is 12.6. The largest absolute Gasteiger partial charge is 0.350 e. The van der Waals surface area contributed by atoms with Crippen molar-refractivity contribution in [2.45, 2.75) is 24.2 Å². The predicted molar refractivity (Wildman–Crippen MR) is 88.0 cm³/mol. The van der Waals surface area contributed by atoms with Crippen LogP contribution in [0.3, 0.4) is 0 Å². The summed E-state index contributed by atoms with van der Waals surface area (Å²) in [5.41, 5.74) is 3.01. The minimum Gasteiger partial charge on any atom is -0.350 e. The number of anilines is 2. The van der Waals surface area contributed by atoms with Gasteiger partial charge in [0.05, 0.1) is 4.92 Å². The Balaban J connectivity index is 2.05. The van der Waals surface area contributed by atoms with Gasteiger partial charge in [0, 0.05) is 11.9 Å². The highest BCUT2D eigenvalue weighted by Gasteiger charge is 2.26. The number of rotatable bonds is 4. The van der Waals surface area contributed by atoms with Gasteiger partial charge in [-0.3, -0.25) is 10.1 Å². The maximum Gasteiger partial charge on any atom is 0.311 e. The molecule has 6 nitrogen and oxygen atoms in total. The van der Waals surface area contributed by atoms with Crippen LogP contribution >= 0.6 is 0 Å². The molecule has 0 aromatic heterocycles. The lowest BCUT2D eigenvalue weighted by molar-refractivity contribution is -0.386. The zero-order chi connectivity index (χ0) is 16.6. The first-order valence-corrected chi connectivity index (χ1v) is 9.12. The molecular formula is C16H16N2O4S. The van der Waals surface area contributed by atoms with Crippen molar-refractivity contribution in [3.05, 3.63) is 57.6 Å². The summed E-state index contributed by atoms with van der Waals surface area (Å²) in [5.74, 6) is 0. The van der Waals surface area contributed by atoms with Gasteiger partial charge in [0.25, 0.3) is 0 Å². The standard InChI is InChI=1S/C16H16N2O4S/c1-23(21,22)15-7-3-6-14(16(15)18(19)20)17-13-9-8-11-4-2-5-12(11)10-13/h3,6-10,17H,2,4-5H2,1H3. The van der Waals surface area contributed by atoms with Crippen molar-refractivity contribution in [2.24, 2.45) is 0 Å². The van der Waals surface area contributed by atoms with E-state index in [2.05, 4.69) is 5.32 Å². The smallest absolute Gasteiger partial charge is 0.311 e. The average molecular weight is 332 g/mol. The second kappa shape index (κ2) is 5.66. The summed E-state index contributed by atoms with van der Waals surface area (Å²) in [6, 6.07) is 10.1. The molecule has 7 heteroatoms. The molecule has 0 bridgehead atoms. The summed E-state index contributed by atoms with van der Waals surface area (Å²) in [7, 11) is -3.68. The Kier molecular flexibility index (Phi) is 3.81. The number of sulfone groups is 1. The van der Waals surface area contributed by atoms with Crippen LogP contribution in [0.2, 0.25) is 0 Å². The van der Waals surface area contributed by atoms with Crippen LogP contribution in [0.15, 0.2) is 41.3 Å². The van der Waals surface area contributed by atoms with E-state index >= 15 is 0 Å². The van der Waals surface area contributed by atoms with Crippen molar-refractivity contribution >= 4 is 26.9 Å². The van der Waals surface area contributed by atoms with Gasteiger partial charge >= 0.3 is 5.69 Å². The molecule has 0 amide bonds. The quantitative estimate of drug-likeness (QED) is 0.686. The van der Waals surface area contributed by atoms with E-state index in [1.165, 1.54) is 29.3 Å². The van der Waals surface area contributed by atoms with Gasteiger partial charge in [-0.15, -0.1) is 0 Å². The van der Waals surface area contributed by atoms with Gasteiger partial charge in [-0.25, -0.2) is 8.42 Å². The molecular weight excluding hydrogens is 316 g/mol. The third-order valence-electron chi connectivity index (χ3n) is 3.96. The minimum absolute atomic E-state index is 0.177. The van der Waals surface area contributed by atoms with Crippen LogP contribution in [0.25, 0.3) is 0 Å². The monoisotopic (exact) mass is 332 g/mol. The van der Waals surface area contributed by atoms with E-state index in [1.54, 1.807) is 0 Å². The van der Waals surface area contributed by atoms with E-state index in [0.29, 0.717) is 0 Å². The van der Waals surface area contributed by atoms with Crippen molar-refractivity contribution in [1.82, 2.24) is 0 Å². The molecule has 120 valence electrons. The van der Waals surface area contributed by atoms with Crippen LogP contribution in [0.4, 0.5) is 17.1 Å². The fourth-order valence-electron chi connectivity index (χ4n) is 2.92. The number of hydrogen-bond acceptors (Lipinski definition) is 5. The highest BCUT2D eigenvalue weighted by molar-refractivity contribution is 7.90. The molecule has 0 radical (unpaired) electrons. The molecule has 0 aliphatic heterocycles. The molecule has 0 atom stereocenters. The Morgan fingerprint density at radius 3 is 2.57 bits per heavy atom. The fourth-order valence-corrected chi connectivity index (χ4v) is 3.78. The molecule has 2 aromatic carbocycles. The van der Waals surface area contributed by atoms with Crippen LogP contribution in [0.1, 0.15) is 17.5 Å². The lowest BCUT2D eigenvalue weighted by Gasteiger charge is -2.11. The topological polar surface area (TPSA) is 89.3 Å².